The molecule has 0 atom stereocenters. The van der Waals surface area contributed by atoms with Crippen molar-refractivity contribution < 1.29 is 13.6 Å². The Hall–Kier alpha value is -3.82. The van der Waals surface area contributed by atoms with Crippen LogP contribution in [-0.4, -0.2) is 48.8 Å². The van der Waals surface area contributed by atoms with Gasteiger partial charge < -0.3 is 14.8 Å². The highest BCUT2D eigenvalue weighted by molar-refractivity contribution is 5.98. The highest BCUT2D eigenvalue weighted by Crippen LogP contribution is 2.44. The van der Waals surface area contributed by atoms with Crippen molar-refractivity contribution in [3.63, 3.8) is 0 Å². The first kappa shape index (κ1) is 21.7. The summed E-state index contributed by atoms with van der Waals surface area (Å²) in [5.41, 5.74) is 3.36. The van der Waals surface area contributed by atoms with Gasteiger partial charge in [0.2, 0.25) is 0 Å². The summed E-state index contributed by atoms with van der Waals surface area (Å²) in [5.74, 6) is 1.43. The molecule has 4 aromatic rings. The SMILES string of the molecule is CNC(=O)N1CCn2c(C3CC3)nc(-c3cncc4cc(-c5cnn(C)c5)c(C(F)F)cc34)c2C1. The summed E-state index contributed by atoms with van der Waals surface area (Å²) < 4.78 is 32.3. The topological polar surface area (TPSA) is 80.9 Å². The molecule has 1 aromatic carbocycles. The van der Waals surface area contributed by atoms with Gasteiger partial charge in [0.05, 0.1) is 24.1 Å². The first-order valence-electron chi connectivity index (χ1n) is 11.7. The molecule has 35 heavy (non-hydrogen) atoms. The van der Waals surface area contributed by atoms with Gasteiger partial charge in [-0.25, -0.2) is 18.6 Å². The van der Waals surface area contributed by atoms with Crippen LogP contribution in [0, 0.1) is 0 Å². The van der Waals surface area contributed by atoms with Crippen LogP contribution in [0.25, 0.3) is 33.2 Å². The monoisotopic (exact) mass is 477 g/mol. The largest absolute Gasteiger partial charge is 0.341 e. The molecule has 1 fully saturated rings. The van der Waals surface area contributed by atoms with Crippen LogP contribution in [-0.2, 0) is 20.1 Å². The average Bonchev–Trinajstić information content (AvgIpc) is 3.51. The number of pyridine rings is 1. The number of nitrogens with zero attached hydrogens (tertiary/aromatic N) is 6. The second-order valence-corrected chi connectivity index (χ2v) is 9.22. The Labute approximate surface area is 200 Å². The van der Waals surface area contributed by atoms with E-state index < -0.39 is 6.43 Å². The van der Waals surface area contributed by atoms with E-state index in [1.54, 1.807) is 60.6 Å². The predicted octanol–water partition coefficient (Wildman–Crippen LogP) is 4.47. The number of rotatable bonds is 4. The Morgan fingerprint density at radius 3 is 2.66 bits per heavy atom. The lowest BCUT2D eigenvalue weighted by Gasteiger charge is -2.29. The molecular formula is C25H25F2N7O. The Morgan fingerprint density at radius 1 is 1.14 bits per heavy atom. The molecule has 2 aliphatic rings. The molecular weight excluding hydrogens is 452 g/mol. The molecule has 6 rings (SSSR count). The second-order valence-electron chi connectivity index (χ2n) is 9.22. The maximum atomic E-state index is 14.2. The van der Waals surface area contributed by atoms with Gasteiger partial charge in [-0.3, -0.25) is 9.67 Å². The minimum Gasteiger partial charge on any atom is -0.341 e. The van der Waals surface area contributed by atoms with E-state index >= 15 is 0 Å². The number of carbonyl (C=O) groups is 1. The van der Waals surface area contributed by atoms with Crippen LogP contribution < -0.4 is 5.32 Å². The third-order valence-electron chi connectivity index (χ3n) is 6.92. The molecule has 0 bridgehead atoms. The van der Waals surface area contributed by atoms with Crippen LogP contribution >= 0.6 is 0 Å². The number of fused-ring (bicyclic) bond motifs is 2. The van der Waals surface area contributed by atoms with Crippen LogP contribution in [0.2, 0.25) is 0 Å². The van der Waals surface area contributed by atoms with Gasteiger partial charge in [-0.1, -0.05) is 0 Å². The first-order chi connectivity index (χ1) is 16.9. The Kier molecular flexibility index (Phi) is 5.05. The molecule has 1 N–H and O–H groups in total. The molecule has 1 aliphatic carbocycles. The smallest absolute Gasteiger partial charge is 0.317 e. The Morgan fingerprint density at radius 2 is 1.97 bits per heavy atom. The van der Waals surface area contributed by atoms with E-state index in [2.05, 4.69) is 20.0 Å². The predicted molar refractivity (Wildman–Crippen MR) is 127 cm³/mol. The number of benzene rings is 1. The van der Waals surface area contributed by atoms with Crippen LogP contribution in [0.5, 0.6) is 0 Å². The third-order valence-corrected chi connectivity index (χ3v) is 6.92. The van der Waals surface area contributed by atoms with Gasteiger partial charge in [-0.05, 0) is 35.9 Å². The number of hydrogen-bond acceptors (Lipinski definition) is 4. The number of carbonyl (C=O) groups excluding carboxylic acids is 1. The van der Waals surface area contributed by atoms with E-state index in [0.29, 0.717) is 53.3 Å². The van der Waals surface area contributed by atoms with Crippen molar-refractivity contribution in [1.29, 1.82) is 0 Å². The summed E-state index contributed by atoms with van der Waals surface area (Å²) in [5, 5.41) is 8.26. The van der Waals surface area contributed by atoms with Crippen molar-refractivity contribution in [2.24, 2.45) is 7.05 Å². The number of hydrogen-bond donors (Lipinski definition) is 1. The van der Waals surface area contributed by atoms with Crippen molar-refractivity contribution in [2.45, 2.75) is 38.3 Å². The summed E-state index contributed by atoms with van der Waals surface area (Å²) in [6, 6.07) is 3.17. The summed E-state index contributed by atoms with van der Waals surface area (Å²) in [6.07, 6.45) is 6.23. The molecule has 2 amide bonds. The molecule has 3 aromatic heterocycles. The van der Waals surface area contributed by atoms with Gasteiger partial charge in [0, 0.05) is 73.8 Å². The normalized spacial score (nSPS) is 15.6. The van der Waals surface area contributed by atoms with Crippen molar-refractivity contribution in [3.8, 4) is 22.4 Å². The van der Waals surface area contributed by atoms with Gasteiger partial charge in [0.15, 0.2) is 0 Å². The van der Waals surface area contributed by atoms with Crippen LogP contribution in [0.4, 0.5) is 13.6 Å². The van der Waals surface area contributed by atoms with Crippen LogP contribution in [0.3, 0.4) is 0 Å². The van der Waals surface area contributed by atoms with Gasteiger partial charge in [0.1, 0.15) is 5.82 Å². The fourth-order valence-electron chi connectivity index (χ4n) is 5.01. The van der Waals surface area contributed by atoms with E-state index in [0.717, 1.165) is 29.7 Å². The molecule has 0 radical (unpaired) electrons. The molecule has 0 saturated heterocycles. The molecule has 1 aliphatic heterocycles. The zero-order valence-electron chi connectivity index (χ0n) is 19.5. The Balaban J connectivity index is 1.54. The molecule has 180 valence electrons. The third kappa shape index (κ3) is 3.64. The summed E-state index contributed by atoms with van der Waals surface area (Å²) in [7, 11) is 3.37. The Bertz CT molecular complexity index is 1450. The van der Waals surface area contributed by atoms with Crippen molar-refractivity contribution >= 4 is 16.8 Å². The van der Waals surface area contributed by atoms with E-state index in [1.807, 2.05) is 0 Å². The maximum absolute atomic E-state index is 14.2. The van der Waals surface area contributed by atoms with Gasteiger partial charge in [-0.2, -0.15) is 5.10 Å². The fraction of sp³-hybridized carbons (Fsp3) is 0.360. The first-order valence-corrected chi connectivity index (χ1v) is 11.7. The average molecular weight is 478 g/mol. The highest BCUT2D eigenvalue weighted by Gasteiger charge is 2.35. The summed E-state index contributed by atoms with van der Waals surface area (Å²) in [6.45, 7) is 1.66. The summed E-state index contributed by atoms with van der Waals surface area (Å²) in [4.78, 5) is 23.6. The molecule has 0 spiro atoms. The summed E-state index contributed by atoms with van der Waals surface area (Å²) >= 11 is 0. The number of alkyl halides is 2. The highest BCUT2D eigenvalue weighted by atomic mass is 19.3. The number of halogens is 2. The lowest BCUT2D eigenvalue weighted by atomic mass is 9.95. The van der Waals surface area contributed by atoms with Gasteiger partial charge >= 0.3 is 6.03 Å². The van der Waals surface area contributed by atoms with Crippen molar-refractivity contribution in [3.05, 3.63) is 54.0 Å². The zero-order chi connectivity index (χ0) is 24.3. The van der Waals surface area contributed by atoms with Crippen LogP contribution in [0.1, 0.15) is 42.3 Å². The quantitative estimate of drug-likeness (QED) is 0.470. The van der Waals surface area contributed by atoms with Crippen molar-refractivity contribution in [1.82, 2.24) is 34.5 Å². The van der Waals surface area contributed by atoms with E-state index in [1.165, 1.54) is 0 Å². The van der Waals surface area contributed by atoms with E-state index in [9.17, 15) is 13.6 Å². The molecule has 1 saturated carbocycles. The number of imidazole rings is 1. The minimum absolute atomic E-state index is 0.0552. The number of nitrogens with one attached hydrogen (secondary N) is 1. The lowest BCUT2D eigenvalue weighted by molar-refractivity contribution is 0.152. The van der Waals surface area contributed by atoms with Crippen molar-refractivity contribution in [2.75, 3.05) is 13.6 Å². The lowest BCUT2D eigenvalue weighted by Crippen LogP contribution is -2.43. The number of aryl methyl sites for hydroxylation is 1. The molecule has 0 unspecified atom stereocenters. The second kappa shape index (κ2) is 8.14. The zero-order valence-corrected chi connectivity index (χ0v) is 19.5. The number of aromatic nitrogens is 5. The molecule has 4 heterocycles. The van der Waals surface area contributed by atoms with E-state index in [4.69, 9.17) is 4.98 Å². The van der Waals surface area contributed by atoms with Gasteiger partial charge in [-0.15, -0.1) is 0 Å². The number of amides is 2. The standard InChI is InChI=1S/C25H25F2N7O/c1-28-25(35)33-5-6-34-21(13-33)22(31-24(34)14-3-4-14)20-11-29-9-15-7-17(16-10-30-32(2)12-16)19(23(26)27)8-18(15)20/h7-12,14,23H,3-6,13H2,1-2H3,(H,28,35). The number of urea groups is 1. The minimum atomic E-state index is -2.66. The van der Waals surface area contributed by atoms with Crippen LogP contribution in [0.15, 0.2) is 36.9 Å². The van der Waals surface area contributed by atoms with E-state index in [-0.39, 0.29) is 11.6 Å². The van der Waals surface area contributed by atoms with Gasteiger partial charge in [0.25, 0.3) is 6.43 Å². The molecule has 10 heteroatoms. The fourth-order valence-corrected chi connectivity index (χ4v) is 5.01. The molecule has 8 nitrogen and oxygen atoms in total. The maximum Gasteiger partial charge on any atom is 0.317 e.